The van der Waals surface area contributed by atoms with Gasteiger partial charge in [-0.2, -0.15) is 8.75 Å². The summed E-state index contributed by atoms with van der Waals surface area (Å²) in [5.41, 5.74) is 9.66. The Hall–Kier alpha value is -1.24. The summed E-state index contributed by atoms with van der Waals surface area (Å²) in [5, 5.41) is 1.32. The van der Waals surface area contributed by atoms with E-state index < -0.39 is 0 Å². The molecule has 0 bridgehead atoms. The van der Waals surface area contributed by atoms with E-state index in [1.165, 1.54) is 23.1 Å². The molecule has 104 valence electrons. The summed E-state index contributed by atoms with van der Waals surface area (Å²) in [6.45, 7) is 4.23. The fraction of sp³-hybridized carbons (Fsp3) is 0.308. The van der Waals surface area contributed by atoms with E-state index in [1.807, 2.05) is 12.1 Å². The van der Waals surface area contributed by atoms with E-state index >= 15 is 0 Å². The van der Waals surface area contributed by atoms with Gasteiger partial charge in [0.25, 0.3) is 0 Å². The van der Waals surface area contributed by atoms with Crippen LogP contribution in [-0.4, -0.2) is 13.7 Å². The molecule has 0 spiro atoms. The number of halogens is 1. The van der Waals surface area contributed by atoms with Gasteiger partial charge in [-0.25, -0.2) is 4.98 Å². The number of rotatable bonds is 3. The van der Waals surface area contributed by atoms with Gasteiger partial charge in [0.1, 0.15) is 11.0 Å². The molecule has 0 aliphatic heterocycles. The monoisotopic (exact) mass is 324 g/mol. The summed E-state index contributed by atoms with van der Waals surface area (Å²) in [7, 11) is 0. The van der Waals surface area contributed by atoms with E-state index in [0.29, 0.717) is 22.5 Å². The lowest BCUT2D eigenvalue weighted by molar-refractivity contribution is 0.820. The highest BCUT2D eigenvalue weighted by atomic mass is 35.5. The lowest BCUT2D eigenvalue weighted by Gasteiger charge is -2.07. The Bertz CT molecular complexity index is 763. The van der Waals surface area contributed by atoms with Crippen LogP contribution >= 0.6 is 34.7 Å². The number of thiazole rings is 1. The molecule has 0 saturated heterocycles. The van der Waals surface area contributed by atoms with Crippen LogP contribution in [0.1, 0.15) is 35.9 Å². The minimum atomic E-state index is 0.338. The van der Waals surface area contributed by atoms with E-state index in [1.54, 1.807) is 0 Å². The van der Waals surface area contributed by atoms with Crippen LogP contribution in [0.15, 0.2) is 12.1 Å². The van der Waals surface area contributed by atoms with Crippen LogP contribution in [0.4, 0.5) is 5.13 Å². The molecule has 3 aromatic rings. The molecule has 20 heavy (non-hydrogen) atoms. The molecule has 0 aliphatic rings. The van der Waals surface area contributed by atoms with Crippen LogP contribution in [-0.2, 0) is 6.42 Å². The summed E-state index contributed by atoms with van der Waals surface area (Å²) in [6, 6.07) is 3.77. The molecule has 1 aromatic carbocycles. The first kappa shape index (κ1) is 13.7. The highest BCUT2D eigenvalue weighted by Gasteiger charge is 2.17. The first-order valence-corrected chi connectivity index (χ1v) is 8.13. The number of hydrogen-bond donors (Lipinski definition) is 1. The van der Waals surface area contributed by atoms with Gasteiger partial charge in [0, 0.05) is 21.9 Å². The molecule has 7 heteroatoms. The number of nitrogen functional groups attached to an aromatic ring is 1. The van der Waals surface area contributed by atoms with Gasteiger partial charge < -0.3 is 5.73 Å². The Kier molecular flexibility index (Phi) is 3.62. The molecule has 0 amide bonds. The van der Waals surface area contributed by atoms with Gasteiger partial charge in [-0.3, -0.25) is 0 Å². The number of nitrogens with two attached hydrogens (primary N) is 1. The highest BCUT2D eigenvalue weighted by Crippen LogP contribution is 2.33. The van der Waals surface area contributed by atoms with Crippen molar-refractivity contribution in [2.75, 3.05) is 5.73 Å². The van der Waals surface area contributed by atoms with Crippen molar-refractivity contribution in [3.63, 3.8) is 0 Å². The average Bonchev–Trinajstić information content (AvgIpc) is 2.99. The van der Waals surface area contributed by atoms with Crippen LogP contribution in [0, 0.1) is 0 Å². The molecular formula is C13H13ClN4S2. The molecular weight excluding hydrogens is 312 g/mol. The predicted octanol–water partition coefficient (Wildman–Crippen LogP) is 4.10. The van der Waals surface area contributed by atoms with Crippen molar-refractivity contribution >= 4 is 50.8 Å². The second-order valence-electron chi connectivity index (χ2n) is 4.85. The fourth-order valence-electron chi connectivity index (χ4n) is 2.17. The summed E-state index contributed by atoms with van der Waals surface area (Å²) >= 11 is 9.07. The van der Waals surface area contributed by atoms with Gasteiger partial charge in [-0.1, -0.05) is 25.4 Å². The molecule has 0 radical (unpaired) electrons. The third kappa shape index (κ3) is 2.39. The van der Waals surface area contributed by atoms with Crippen LogP contribution in [0.3, 0.4) is 0 Å². The Morgan fingerprint density at radius 1 is 1.30 bits per heavy atom. The third-order valence-corrected chi connectivity index (χ3v) is 4.90. The van der Waals surface area contributed by atoms with Gasteiger partial charge >= 0.3 is 0 Å². The zero-order valence-electron chi connectivity index (χ0n) is 11.1. The molecule has 0 saturated carbocycles. The molecule has 0 atom stereocenters. The summed E-state index contributed by atoms with van der Waals surface area (Å²) in [4.78, 5) is 5.58. The van der Waals surface area contributed by atoms with Crippen molar-refractivity contribution in [3.05, 3.63) is 33.3 Å². The predicted molar refractivity (Wildman–Crippen MR) is 85.8 cm³/mol. The Balaban J connectivity index is 2.09. The number of hydrogen-bond acceptors (Lipinski definition) is 6. The molecule has 4 nitrogen and oxygen atoms in total. The van der Waals surface area contributed by atoms with Gasteiger partial charge in [-0.15, -0.1) is 11.3 Å². The van der Waals surface area contributed by atoms with Gasteiger partial charge in [0.2, 0.25) is 0 Å². The summed E-state index contributed by atoms with van der Waals surface area (Å²) in [5.74, 6) is 0.338. The largest absolute Gasteiger partial charge is 0.375 e. The van der Waals surface area contributed by atoms with E-state index in [0.717, 1.165) is 27.2 Å². The normalized spacial score (nSPS) is 11.6. The second-order valence-corrected chi connectivity index (χ2v) is 6.90. The molecule has 2 heterocycles. The Morgan fingerprint density at radius 2 is 2.10 bits per heavy atom. The fourth-order valence-corrected chi connectivity index (χ4v) is 3.95. The zero-order chi connectivity index (χ0) is 14.3. The number of anilines is 1. The Morgan fingerprint density at radius 3 is 2.85 bits per heavy atom. The van der Waals surface area contributed by atoms with Crippen LogP contribution in [0.2, 0.25) is 5.02 Å². The topological polar surface area (TPSA) is 64.7 Å². The van der Waals surface area contributed by atoms with Crippen molar-refractivity contribution in [3.8, 4) is 0 Å². The van der Waals surface area contributed by atoms with Crippen molar-refractivity contribution in [2.24, 2.45) is 0 Å². The maximum absolute atomic E-state index is 6.34. The molecule has 2 aromatic heterocycles. The standard InChI is InChI=1S/C13H13ClN4S2/c1-6(2)11-10(19-13(15)16-11)5-7-8(14)3-4-9-12(7)18-20-17-9/h3-4,6H,5H2,1-2H3,(H2,15,16). The number of fused-ring (bicyclic) bond motifs is 1. The van der Waals surface area contributed by atoms with E-state index in [2.05, 4.69) is 27.6 Å². The average molecular weight is 325 g/mol. The maximum Gasteiger partial charge on any atom is 0.180 e. The molecule has 2 N–H and O–H groups in total. The highest BCUT2D eigenvalue weighted by molar-refractivity contribution is 7.15. The second kappa shape index (κ2) is 5.27. The van der Waals surface area contributed by atoms with Crippen molar-refractivity contribution in [1.29, 1.82) is 0 Å². The van der Waals surface area contributed by atoms with Gasteiger partial charge in [0.05, 0.1) is 17.4 Å². The number of benzene rings is 1. The van der Waals surface area contributed by atoms with E-state index in [-0.39, 0.29) is 0 Å². The van der Waals surface area contributed by atoms with Crippen molar-refractivity contribution in [2.45, 2.75) is 26.2 Å². The number of nitrogens with zero attached hydrogens (tertiary/aromatic N) is 3. The zero-order valence-corrected chi connectivity index (χ0v) is 13.4. The van der Waals surface area contributed by atoms with Crippen molar-refractivity contribution < 1.29 is 0 Å². The smallest absolute Gasteiger partial charge is 0.180 e. The SMILES string of the molecule is CC(C)c1nc(N)sc1Cc1c(Cl)ccc2nsnc12. The summed E-state index contributed by atoms with van der Waals surface area (Å²) in [6.07, 6.45) is 0.698. The molecule has 3 rings (SSSR count). The molecule has 0 unspecified atom stereocenters. The van der Waals surface area contributed by atoms with Gasteiger partial charge in [0.15, 0.2) is 5.13 Å². The molecule has 0 fully saturated rings. The summed E-state index contributed by atoms with van der Waals surface area (Å²) < 4.78 is 8.62. The first-order valence-electron chi connectivity index (χ1n) is 6.21. The van der Waals surface area contributed by atoms with E-state index in [9.17, 15) is 0 Å². The van der Waals surface area contributed by atoms with Crippen LogP contribution in [0.5, 0.6) is 0 Å². The van der Waals surface area contributed by atoms with Crippen LogP contribution < -0.4 is 5.73 Å². The van der Waals surface area contributed by atoms with Gasteiger partial charge in [-0.05, 0) is 18.1 Å². The maximum atomic E-state index is 6.34. The van der Waals surface area contributed by atoms with Crippen molar-refractivity contribution in [1.82, 2.24) is 13.7 Å². The van der Waals surface area contributed by atoms with Crippen LogP contribution in [0.25, 0.3) is 11.0 Å². The first-order chi connectivity index (χ1) is 9.56. The lowest BCUT2D eigenvalue weighted by atomic mass is 10.0. The quantitative estimate of drug-likeness (QED) is 0.787. The van der Waals surface area contributed by atoms with E-state index in [4.69, 9.17) is 17.3 Å². The third-order valence-electron chi connectivity index (χ3n) is 3.10. The number of aromatic nitrogens is 3. The molecule has 0 aliphatic carbocycles. The minimum Gasteiger partial charge on any atom is -0.375 e. The Labute approximate surface area is 129 Å². The minimum absolute atomic E-state index is 0.338. The lowest BCUT2D eigenvalue weighted by Crippen LogP contribution is -1.96.